The zero-order valence-corrected chi connectivity index (χ0v) is 11.8. The largest absolute Gasteiger partial charge is 0.453 e. The van der Waals surface area contributed by atoms with Crippen molar-refractivity contribution in [3.63, 3.8) is 0 Å². The average molecular weight is 315 g/mol. The Morgan fingerprint density at radius 3 is 2.71 bits per heavy atom. The van der Waals surface area contributed by atoms with Crippen molar-refractivity contribution in [1.82, 2.24) is 5.32 Å². The lowest BCUT2D eigenvalue weighted by Crippen LogP contribution is -2.18. The predicted octanol–water partition coefficient (Wildman–Crippen LogP) is 4.55. The van der Waals surface area contributed by atoms with Crippen molar-refractivity contribution >= 4 is 27.5 Å². The van der Waals surface area contributed by atoms with Crippen molar-refractivity contribution in [2.75, 3.05) is 0 Å². The third kappa shape index (κ3) is 3.35. The molecule has 1 N–H and O–H groups in total. The molecule has 2 nitrogen and oxygen atoms in total. The smallest absolute Gasteiger partial charge is 0.169 e. The third-order valence-corrected chi connectivity index (χ3v) is 3.35. The summed E-state index contributed by atoms with van der Waals surface area (Å²) in [5, 5.41) is 4.16. The molecule has 1 aromatic carbocycles. The van der Waals surface area contributed by atoms with E-state index >= 15 is 0 Å². The number of hydrogen-bond donors (Lipinski definition) is 1. The normalized spacial score (nSPS) is 12.6. The molecular weight excluding hydrogens is 302 g/mol. The molecule has 0 spiro atoms. The molecule has 0 aliphatic rings. The Morgan fingerprint density at radius 1 is 1.29 bits per heavy atom. The van der Waals surface area contributed by atoms with Crippen LogP contribution in [0.4, 0.5) is 0 Å². The topological polar surface area (TPSA) is 25.2 Å². The van der Waals surface area contributed by atoms with E-state index in [0.717, 1.165) is 21.0 Å². The average Bonchev–Trinajstić information content (AvgIpc) is 2.73. The standard InChI is InChI=1S/C13H13BrClNO/c1-9(11-4-2-3-5-12(11)15)16-8-10-6-7-13(14)17-10/h2-7,9,16H,8H2,1H3/t9-/m1/s1. The SMILES string of the molecule is C[C@@H](NCc1ccc(Br)o1)c1ccccc1Cl. The summed E-state index contributed by atoms with van der Waals surface area (Å²) in [4.78, 5) is 0. The summed E-state index contributed by atoms with van der Waals surface area (Å²) in [5.74, 6) is 0.899. The number of furan rings is 1. The van der Waals surface area contributed by atoms with Crippen LogP contribution in [0, 0.1) is 0 Å². The van der Waals surface area contributed by atoms with Gasteiger partial charge in [-0.1, -0.05) is 29.8 Å². The highest BCUT2D eigenvalue weighted by Crippen LogP contribution is 2.22. The van der Waals surface area contributed by atoms with E-state index in [1.165, 1.54) is 0 Å². The summed E-state index contributed by atoms with van der Waals surface area (Å²) in [6.07, 6.45) is 0. The van der Waals surface area contributed by atoms with Crippen LogP contribution in [0.1, 0.15) is 24.3 Å². The van der Waals surface area contributed by atoms with Gasteiger partial charge in [0.25, 0.3) is 0 Å². The van der Waals surface area contributed by atoms with E-state index in [1.54, 1.807) is 0 Å². The van der Waals surface area contributed by atoms with Gasteiger partial charge in [-0.3, -0.25) is 0 Å². The lowest BCUT2D eigenvalue weighted by Gasteiger charge is -2.14. The number of nitrogens with one attached hydrogen (secondary N) is 1. The summed E-state index contributed by atoms with van der Waals surface area (Å²) in [7, 11) is 0. The molecule has 0 fully saturated rings. The van der Waals surface area contributed by atoms with Gasteiger partial charge >= 0.3 is 0 Å². The van der Waals surface area contributed by atoms with Crippen LogP contribution in [0.5, 0.6) is 0 Å². The molecular formula is C13H13BrClNO. The van der Waals surface area contributed by atoms with Crippen molar-refractivity contribution in [3.8, 4) is 0 Å². The van der Waals surface area contributed by atoms with Gasteiger partial charge < -0.3 is 9.73 Å². The van der Waals surface area contributed by atoms with E-state index in [0.29, 0.717) is 6.54 Å². The molecule has 2 rings (SSSR count). The highest BCUT2D eigenvalue weighted by atomic mass is 79.9. The van der Waals surface area contributed by atoms with Crippen LogP contribution in [0.3, 0.4) is 0 Å². The van der Waals surface area contributed by atoms with E-state index in [2.05, 4.69) is 28.2 Å². The van der Waals surface area contributed by atoms with E-state index < -0.39 is 0 Å². The Labute approximate surface area is 114 Å². The van der Waals surface area contributed by atoms with Crippen molar-refractivity contribution in [2.45, 2.75) is 19.5 Å². The Balaban J connectivity index is 1.98. The second kappa shape index (κ2) is 5.71. The van der Waals surface area contributed by atoms with Crippen LogP contribution in [0.25, 0.3) is 0 Å². The number of hydrogen-bond acceptors (Lipinski definition) is 2. The maximum Gasteiger partial charge on any atom is 0.169 e. The molecule has 1 aromatic heterocycles. The summed E-state index contributed by atoms with van der Waals surface area (Å²) in [5.41, 5.74) is 1.10. The van der Waals surface area contributed by atoms with Crippen LogP contribution in [-0.4, -0.2) is 0 Å². The van der Waals surface area contributed by atoms with Crippen LogP contribution in [0.2, 0.25) is 5.02 Å². The van der Waals surface area contributed by atoms with Crippen molar-refractivity contribution in [3.05, 3.63) is 57.4 Å². The second-order valence-corrected chi connectivity index (χ2v) is 5.02. The Kier molecular flexibility index (Phi) is 4.26. The molecule has 0 aliphatic heterocycles. The van der Waals surface area contributed by atoms with Gasteiger partial charge in [0.15, 0.2) is 4.67 Å². The summed E-state index contributed by atoms with van der Waals surface area (Å²) in [6, 6.07) is 11.9. The lowest BCUT2D eigenvalue weighted by atomic mass is 10.1. The van der Waals surface area contributed by atoms with E-state index in [1.807, 2.05) is 36.4 Å². The lowest BCUT2D eigenvalue weighted by molar-refractivity contribution is 0.447. The fourth-order valence-electron chi connectivity index (χ4n) is 1.64. The highest BCUT2D eigenvalue weighted by molar-refractivity contribution is 9.10. The molecule has 0 unspecified atom stereocenters. The molecule has 0 saturated carbocycles. The molecule has 2 aromatic rings. The number of benzene rings is 1. The van der Waals surface area contributed by atoms with E-state index in [9.17, 15) is 0 Å². The monoisotopic (exact) mass is 313 g/mol. The fourth-order valence-corrected chi connectivity index (χ4v) is 2.28. The molecule has 17 heavy (non-hydrogen) atoms. The number of halogens is 2. The first kappa shape index (κ1) is 12.7. The molecule has 1 atom stereocenters. The molecule has 0 bridgehead atoms. The van der Waals surface area contributed by atoms with Gasteiger partial charge in [-0.15, -0.1) is 0 Å². The molecule has 0 amide bonds. The van der Waals surface area contributed by atoms with E-state index in [-0.39, 0.29) is 6.04 Å². The highest BCUT2D eigenvalue weighted by Gasteiger charge is 2.09. The zero-order valence-electron chi connectivity index (χ0n) is 9.41. The Bertz CT molecular complexity index is 498. The summed E-state index contributed by atoms with van der Waals surface area (Å²) < 4.78 is 6.17. The van der Waals surface area contributed by atoms with Crippen molar-refractivity contribution < 1.29 is 4.42 Å². The predicted molar refractivity (Wildman–Crippen MR) is 73.1 cm³/mol. The summed E-state index contributed by atoms with van der Waals surface area (Å²) in [6.45, 7) is 2.76. The van der Waals surface area contributed by atoms with Gasteiger partial charge in [0.2, 0.25) is 0 Å². The minimum atomic E-state index is 0.188. The molecule has 90 valence electrons. The molecule has 0 saturated heterocycles. The van der Waals surface area contributed by atoms with Gasteiger partial charge in [0.05, 0.1) is 6.54 Å². The molecule has 0 aliphatic carbocycles. The quantitative estimate of drug-likeness (QED) is 0.896. The Hall–Kier alpha value is -0.770. The Morgan fingerprint density at radius 2 is 2.06 bits per heavy atom. The van der Waals surface area contributed by atoms with Crippen LogP contribution >= 0.6 is 27.5 Å². The maximum absolute atomic E-state index is 6.13. The molecule has 1 heterocycles. The van der Waals surface area contributed by atoms with Gasteiger partial charge in [-0.25, -0.2) is 0 Å². The van der Waals surface area contributed by atoms with Crippen LogP contribution in [-0.2, 0) is 6.54 Å². The minimum absolute atomic E-state index is 0.188. The van der Waals surface area contributed by atoms with E-state index in [4.69, 9.17) is 16.0 Å². The van der Waals surface area contributed by atoms with Gasteiger partial charge in [-0.2, -0.15) is 0 Å². The summed E-state index contributed by atoms with van der Waals surface area (Å²) >= 11 is 9.41. The third-order valence-electron chi connectivity index (χ3n) is 2.58. The fraction of sp³-hybridized carbons (Fsp3) is 0.231. The van der Waals surface area contributed by atoms with Crippen molar-refractivity contribution in [1.29, 1.82) is 0 Å². The first-order chi connectivity index (χ1) is 8.16. The van der Waals surface area contributed by atoms with Gasteiger partial charge in [0.1, 0.15) is 5.76 Å². The zero-order chi connectivity index (χ0) is 12.3. The van der Waals surface area contributed by atoms with Gasteiger partial charge in [-0.05, 0) is 46.6 Å². The molecule has 0 radical (unpaired) electrons. The minimum Gasteiger partial charge on any atom is -0.453 e. The first-order valence-corrected chi connectivity index (χ1v) is 6.56. The maximum atomic E-state index is 6.13. The second-order valence-electron chi connectivity index (χ2n) is 3.83. The molecule has 4 heteroatoms. The van der Waals surface area contributed by atoms with Crippen LogP contribution in [0.15, 0.2) is 45.5 Å². The van der Waals surface area contributed by atoms with Crippen molar-refractivity contribution in [2.24, 2.45) is 0 Å². The number of rotatable bonds is 4. The van der Waals surface area contributed by atoms with Crippen LogP contribution < -0.4 is 5.32 Å². The first-order valence-electron chi connectivity index (χ1n) is 5.39. The van der Waals surface area contributed by atoms with Gasteiger partial charge in [0, 0.05) is 11.1 Å².